The van der Waals surface area contributed by atoms with Crippen LogP contribution in [-0.2, 0) is 4.79 Å². The smallest absolute Gasteiger partial charge is 0.142 e. The van der Waals surface area contributed by atoms with Crippen LogP contribution in [0.3, 0.4) is 0 Å². The van der Waals surface area contributed by atoms with Gasteiger partial charge >= 0.3 is 0 Å². The molecule has 0 spiro atoms. The van der Waals surface area contributed by atoms with Gasteiger partial charge in [0, 0.05) is 31.0 Å². The number of Topliss-reactive ketones (excluding diaryl/α,β-unsaturated/α-hetero) is 1. The maximum absolute atomic E-state index is 13.0. The highest BCUT2D eigenvalue weighted by Gasteiger charge is 2.41. The predicted molar refractivity (Wildman–Crippen MR) is 57.5 cm³/mol. The minimum atomic E-state index is -0.672. The first-order valence-corrected chi connectivity index (χ1v) is 5.90. The summed E-state index contributed by atoms with van der Waals surface area (Å²) >= 11 is 0. The molecule has 0 amide bonds. The van der Waals surface area contributed by atoms with Crippen LogP contribution in [0.2, 0.25) is 0 Å². The number of hydrogen-bond donors (Lipinski definition) is 0. The van der Waals surface area contributed by atoms with Crippen molar-refractivity contribution in [3.8, 4) is 0 Å². The average molecular weight is 213 g/mol. The molecule has 0 radical (unpaired) electrons. The van der Waals surface area contributed by atoms with Gasteiger partial charge in [0.2, 0.25) is 0 Å². The minimum absolute atomic E-state index is 0.139. The molecule has 0 aromatic rings. The molecular weight excluding hydrogens is 193 g/mol. The van der Waals surface area contributed by atoms with E-state index in [1.165, 1.54) is 0 Å². The number of hydrogen-bond acceptors (Lipinski definition) is 2. The summed E-state index contributed by atoms with van der Waals surface area (Å²) in [6.07, 6.45) is 1.95. The zero-order valence-corrected chi connectivity index (χ0v) is 9.63. The maximum atomic E-state index is 13.0. The van der Waals surface area contributed by atoms with Crippen molar-refractivity contribution < 1.29 is 9.18 Å². The van der Waals surface area contributed by atoms with Crippen molar-refractivity contribution in [2.45, 2.75) is 39.3 Å². The Morgan fingerprint density at radius 3 is 2.67 bits per heavy atom. The molecule has 2 atom stereocenters. The van der Waals surface area contributed by atoms with Crippen molar-refractivity contribution in [1.29, 1.82) is 0 Å². The first kappa shape index (κ1) is 11.1. The molecule has 2 aliphatic rings. The lowest BCUT2D eigenvalue weighted by Crippen LogP contribution is -2.32. The lowest BCUT2D eigenvalue weighted by atomic mass is 9.89. The van der Waals surface area contributed by atoms with E-state index in [4.69, 9.17) is 0 Å². The summed E-state index contributed by atoms with van der Waals surface area (Å²) in [4.78, 5) is 14.1. The molecular formula is C12H20FNO. The first-order valence-electron chi connectivity index (χ1n) is 5.90. The third-order valence-electron chi connectivity index (χ3n) is 3.85. The van der Waals surface area contributed by atoms with Crippen LogP contribution in [0.1, 0.15) is 33.1 Å². The van der Waals surface area contributed by atoms with Crippen LogP contribution in [-0.4, -0.2) is 36.5 Å². The van der Waals surface area contributed by atoms with Gasteiger partial charge in [0.05, 0.1) is 0 Å². The molecule has 1 aliphatic carbocycles. The van der Waals surface area contributed by atoms with Gasteiger partial charge in [-0.2, -0.15) is 0 Å². The van der Waals surface area contributed by atoms with Crippen LogP contribution in [0.4, 0.5) is 4.39 Å². The van der Waals surface area contributed by atoms with Crippen LogP contribution in [0, 0.1) is 11.3 Å². The fraction of sp³-hybridized carbons (Fsp3) is 0.917. The third-order valence-corrected chi connectivity index (χ3v) is 3.85. The highest BCUT2D eigenvalue weighted by molar-refractivity contribution is 5.88. The average Bonchev–Trinajstić information content (AvgIpc) is 2.66. The van der Waals surface area contributed by atoms with Gasteiger partial charge in [-0.15, -0.1) is 0 Å². The lowest BCUT2D eigenvalue weighted by Gasteiger charge is -2.20. The molecule has 1 heterocycles. The standard InChI is InChI=1S/C12H20FNO/c1-12(2)5-3-9(11(12)15)7-14-6-4-10(13)8-14/h9-10H,3-8H2,1-2H3. The number of ketones is 1. The van der Waals surface area contributed by atoms with Crippen LogP contribution < -0.4 is 0 Å². The van der Waals surface area contributed by atoms with Gasteiger partial charge in [-0.1, -0.05) is 13.8 Å². The number of rotatable bonds is 2. The first-order chi connectivity index (χ1) is 6.99. The van der Waals surface area contributed by atoms with E-state index in [0.717, 1.165) is 25.9 Å². The molecule has 86 valence electrons. The Morgan fingerprint density at radius 2 is 2.20 bits per heavy atom. The van der Waals surface area contributed by atoms with Gasteiger partial charge in [0.1, 0.15) is 12.0 Å². The van der Waals surface area contributed by atoms with E-state index in [0.29, 0.717) is 18.7 Å². The Kier molecular flexibility index (Phi) is 2.84. The monoisotopic (exact) mass is 213 g/mol. The number of nitrogens with zero attached hydrogens (tertiary/aromatic N) is 1. The molecule has 3 heteroatoms. The molecule has 15 heavy (non-hydrogen) atoms. The molecule has 2 fully saturated rings. The number of halogens is 1. The molecule has 1 aliphatic heterocycles. The summed E-state index contributed by atoms with van der Waals surface area (Å²) < 4.78 is 13.0. The Hall–Kier alpha value is -0.440. The van der Waals surface area contributed by atoms with Gasteiger partial charge in [0.15, 0.2) is 0 Å². The molecule has 0 N–H and O–H groups in total. The number of carbonyl (C=O) groups is 1. The molecule has 2 nitrogen and oxygen atoms in total. The van der Waals surface area contributed by atoms with Crippen LogP contribution in [0.15, 0.2) is 0 Å². The predicted octanol–water partition coefficient (Wildman–Crippen LogP) is 2.04. The number of alkyl halides is 1. The van der Waals surface area contributed by atoms with Gasteiger partial charge in [-0.05, 0) is 19.3 Å². The zero-order valence-electron chi connectivity index (χ0n) is 9.63. The second-order valence-electron chi connectivity index (χ2n) is 5.63. The summed E-state index contributed by atoms with van der Waals surface area (Å²) in [7, 11) is 0. The summed E-state index contributed by atoms with van der Waals surface area (Å²) in [5.41, 5.74) is -0.139. The molecule has 0 bridgehead atoms. The highest BCUT2D eigenvalue weighted by atomic mass is 19.1. The van der Waals surface area contributed by atoms with Crippen molar-refractivity contribution in [3.05, 3.63) is 0 Å². The zero-order chi connectivity index (χ0) is 11.1. The second kappa shape index (κ2) is 3.85. The quantitative estimate of drug-likeness (QED) is 0.699. The molecule has 1 saturated carbocycles. The Morgan fingerprint density at radius 1 is 1.47 bits per heavy atom. The van der Waals surface area contributed by atoms with Crippen molar-refractivity contribution in [1.82, 2.24) is 4.90 Å². The van der Waals surface area contributed by atoms with Gasteiger partial charge in [-0.25, -0.2) is 4.39 Å². The van der Waals surface area contributed by atoms with Crippen LogP contribution in [0.5, 0.6) is 0 Å². The number of carbonyl (C=O) groups excluding carboxylic acids is 1. The molecule has 2 rings (SSSR count). The summed E-state index contributed by atoms with van der Waals surface area (Å²) in [5.74, 6) is 0.537. The Bertz CT molecular complexity index is 264. The largest absolute Gasteiger partial charge is 0.300 e. The van der Waals surface area contributed by atoms with E-state index in [2.05, 4.69) is 4.90 Å². The van der Waals surface area contributed by atoms with E-state index in [1.54, 1.807) is 0 Å². The fourth-order valence-corrected chi connectivity index (χ4v) is 2.78. The SMILES string of the molecule is CC1(C)CCC(CN2CCC(F)C2)C1=O. The molecule has 1 saturated heterocycles. The van der Waals surface area contributed by atoms with Crippen molar-refractivity contribution >= 4 is 5.78 Å². The topological polar surface area (TPSA) is 20.3 Å². The van der Waals surface area contributed by atoms with Gasteiger partial charge < -0.3 is 0 Å². The van der Waals surface area contributed by atoms with E-state index in [-0.39, 0.29) is 11.3 Å². The van der Waals surface area contributed by atoms with Crippen LogP contribution >= 0.6 is 0 Å². The lowest BCUT2D eigenvalue weighted by molar-refractivity contribution is -0.127. The summed E-state index contributed by atoms with van der Waals surface area (Å²) in [6.45, 7) is 6.19. The molecule has 2 unspecified atom stereocenters. The minimum Gasteiger partial charge on any atom is -0.300 e. The Labute approximate surface area is 90.8 Å². The van der Waals surface area contributed by atoms with E-state index in [1.807, 2.05) is 13.8 Å². The third kappa shape index (κ3) is 2.22. The Balaban J connectivity index is 1.89. The highest BCUT2D eigenvalue weighted by Crippen LogP contribution is 2.38. The second-order valence-corrected chi connectivity index (χ2v) is 5.63. The van der Waals surface area contributed by atoms with E-state index < -0.39 is 6.17 Å². The van der Waals surface area contributed by atoms with Crippen molar-refractivity contribution in [3.63, 3.8) is 0 Å². The van der Waals surface area contributed by atoms with E-state index >= 15 is 0 Å². The van der Waals surface area contributed by atoms with Gasteiger partial charge in [0.25, 0.3) is 0 Å². The summed E-state index contributed by atoms with van der Waals surface area (Å²) in [6, 6.07) is 0. The number of likely N-dealkylation sites (tertiary alicyclic amines) is 1. The summed E-state index contributed by atoms with van der Waals surface area (Å²) in [5, 5.41) is 0. The van der Waals surface area contributed by atoms with E-state index in [9.17, 15) is 9.18 Å². The molecule has 0 aromatic carbocycles. The normalized spacial score (nSPS) is 36.3. The molecule has 0 aromatic heterocycles. The fourth-order valence-electron chi connectivity index (χ4n) is 2.78. The van der Waals surface area contributed by atoms with Crippen LogP contribution in [0.25, 0.3) is 0 Å². The van der Waals surface area contributed by atoms with Gasteiger partial charge in [-0.3, -0.25) is 9.69 Å². The van der Waals surface area contributed by atoms with Crippen molar-refractivity contribution in [2.24, 2.45) is 11.3 Å². The van der Waals surface area contributed by atoms with Crippen molar-refractivity contribution in [2.75, 3.05) is 19.6 Å². The maximum Gasteiger partial charge on any atom is 0.142 e.